The lowest BCUT2D eigenvalue weighted by Crippen LogP contribution is -2.25. The molecule has 0 saturated heterocycles. The molecule has 0 unspecified atom stereocenters. The molecule has 0 fully saturated rings. The summed E-state index contributed by atoms with van der Waals surface area (Å²) in [6.07, 6.45) is 0.0497. The van der Waals surface area contributed by atoms with Gasteiger partial charge < -0.3 is 10.5 Å². The molecule has 3 N–H and O–H groups in total. The van der Waals surface area contributed by atoms with E-state index in [9.17, 15) is 9.59 Å². The molecule has 74 valence electrons. The quantitative estimate of drug-likeness (QED) is 0.368. The molecule has 6 nitrogen and oxygen atoms in total. The van der Waals surface area contributed by atoms with Gasteiger partial charge in [-0.1, -0.05) is 0 Å². The molecule has 0 aromatic carbocycles. The average Bonchev–Trinajstić information content (AvgIpc) is 2.01. The molecule has 0 aliphatic carbocycles. The van der Waals surface area contributed by atoms with Gasteiger partial charge in [-0.3, -0.25) is 4.79 Å². The van der Waals surface area contributed by atoms with Crippen LogP contribution in [0.4, 0.5) is 4.79 Å². The van der Waals surface area contributed by atoms with E-state index in [1.54, 1.807) is 13.8 Å². The first kappa shape index (κ1) is 11.4. The fourth-order valence-electron chi connectivity index (χ4n) is 0.611. The Morgan fingerprint density at radius 1 is 1.54 bits per heavy atom. The van der Waals surface area contributed by atoms with Crippen LogP contribution in [0.3, 0.4) is 0 Å². The number of nitrogens with two attached hydrogens (primary N) is 1. The maximum absolute atomic E-state index is 10.9. The Balaban J connectivity index is 3.84. The molecule has 0 aromatic rings. The highest BCUT2D eigenvalue weighted by Crippen LogP contribution is 1.89. The molecule has 0 aliphatic heterocycles. The van der Waals surface area contributed by atoms with Crippen LogP contribution < -0.4 is 11.2 Å². The van der Waals surface area contributed by atoms with Crippen molar-refractivity contribution in [3.8, 4) is 0 Å². The van der Waals surface area contributed by atoms with Crippen LogP contribution in [0.15, 0.2) is 5.10 Å². The monoisotopic (exact) mass is 187 g/mol. The van der Waals surface area contributed by atoms with Crippen molar-refractivity contribution >= 4 is 17.7 Å². The molecule has 0 aliphatic rings. The van der Waals surface area contributed by atoms with E-state index in [2.05, 4.69) is 9.84 Å². The van der Waals surface area contributed by atoms with Gasteiger partial charge in [-0.15, -0.1) is 0 Å². The number of amides is 2. The van der Waals surface area contributed by atoms with Crippen LogP contribution in [0.1, 0.15) is 20.3 Å². The second kappa shape index (κ2) is 5.99. The van der Waals surface area contributed by atoms with Gasteiger partial charge in [-0.2, -0.15) is 5.10 Å². The maximum atomic E-state index is 10.9. The lowest BCUT2D eigenvalue weighted by Gasteiger charge is -2.00. The second-order valence-electron chi connectivity index (χ2n) is 2.30. The van der Waals surface area contributed by atoms with E-state index in [1.807, 2.05) is 5.43 Å². The van der Waals surface area contributed by atoms with Crippen molar-refractivity contribution < 1.29 is 14.3 Å². The smallest absolute Gasteiger partial charge is 0.332 e. The molecule has 2 amide bonds. The van der Waals surface area contributed by atoms with Crippen molar-refractivity contribution in [1.29, 1.82) is 0 Å². The zero-order chi connectivity index (χ0) is 10.3. The number of carbonyl (C=O) groups is 2. The van der Waals surface area contributed by atoms with Gasteiger partial charge in [0, 0.05) is 5.71 Å². The lowest BCUT2D eigenvalue weighted by atomic mass is 10.3. The summed E-state index contributed by atoms with van der Waals surface area (Å²) in [7, 11) is 0. The zero-order valence-corrected chi connectivity index (χ0v) is 7.66. The van der Waals surface area contributed by atoms with E-state index in [4.69, 9.17) is 5.73 Å². The second-order valence-corrected chi connectivity index (χ2v) is 2.30. The third-order valence-electron chi connectivity index (χ3n) is 1.06. The van der Waals surface area contributed by atoms with Gasteiger partial charge in [0.2, 0.25) is 0 Å². The number of nitrogens with zero attached hydrogens (tertiary/aromatic N) is 1. The Bertz CT molecular complexity index is 225. The van der Waals surface area contributed by atoms with E-state index in [1.165, 1.54) is 0 Å². The van der Waals surface area contributed by atoms with Gasteiger partial charge in [0.15, 0.2) is 0 Å². The highest BCUT2D eigenvalue weighted by Gasteiger charge is 2.03. The molecule has 0 bridgehead atoms. The first-order valence-corrected chi connectivity index (χ1v) is 3.80. The zero-order valence-electron chi connectivity index (χ0n) is 7.66. The van der Waals surface area contributed by atoms with Crippen molar-refractivity contribution in [2.45, 2.75) is 20.3 Å². The number of esters is 1. The molecule has 0 rings (SSSR count). The summed E-state index contributed by atoms with van der Waals surface area (Å²) in [5.41, 5.74) is 7.21. The minimum absolute atomic E-state index is 0.0497. The molecular formula is C7H13N3O3. The standard InChI is InChI=1S/C7H13N3O3/c1-3-13-6(11)4-5(2)9-10-7(8)12/h3-4H2,1-2H3,(H3,8,10,12)/b9-5+. The largest absolute Gasteiger partial charge is 0.466 e. The number of primary amides is 1. The number of ether oxygens (including phenoxy) is 1. The van der Waals surface area contributed by atoms with Crippen LogP contribution in [0.25, 0.3) is 0 Å². The van der Waals surface area contributed by atoms with Crippen LogP contribution in [-0.2, 0) is 9.53 Å². The molecule has 0 aromatic heterocycles. The molecule has 0 atom stereocenters. The lowest BCUT2D eigenvalue weighted by molar-refractivity contribution is -0.141. The molecule has 13 heavy (non-hydrogen) atoms. The number of hydrogen-bond acceptors (Lipinski definition) is 4. The van der Waals surface area contributed by atoms with Crippen molar-refractivity contribution in [2.75, 3.05) is 6.61 Å². The summed E-state index contributed by atoms with van der Waals surface area (Å²) in [6, 6.07) is -0.761. The van der Waals surface area contributed by atoms with E-state index in [0.717, 1.165) is 0 Å². The average molecular weight is 187 g/mol. The maximum Gasteiger partial charge on any atom is 0.332 e. The number of urea groups is 1. The van der Waals surface area contributed by atoms with Gasteiger partial charge in [-0.25, -0.2) is 10.2 Å². The Morgan fingerprint density at radius 2 is 2.15 bits per heavy atom. The summed E-state index contributed by atoms with van der Waals surface area (Å²) in [6.45, 7) is 3.63. The number of nitrogens with one attached hydrogen (secondary N) is 1. The highest BCUT2D eigenvalue weighted by molar-refractivity contribution is 5.97. The Labute approximate surface area is 76.1 Å². The number of hydrazone groups is 1. The van der Waals surface area contributed by atoms with E-state index < -0.39 is 6.03 Å². The van der Waals surface area contributed by atoms with Gasteiger partial charge >= 0.3 is 12.0 Å². The predicted octanol–water partition coefficient (Wildman–Crippen LogP) is -0.0162. The molecule has 0 spiro atoms. The van der Waals surface area contributed by atoms with Gasteiger partial charge in [0.05, 0.1) is 13.0 Å². The number of rotatable bonds is 4. The van der Waals surface area contributed by atoms with Crippen LogP contribution in [0.5, 0.6) is 0 Å². The van der Waals surface area contributed by atoms with E-state index >= 15 is 0 Å². The van der Waals surface area contributed by atoms with Crippen LogP contribution in [0.2, 0.25) is 0 Å². The summed E-state index contributed by atoms with van der Waals surface area (Å²) in [5, 5.41) is 3.54. The summed E-state index contributed by atoms with van der Waals surface area (Å²) in [5.74, 6) is -0.380. The highest BCUT2D eigenvalue weighted by atomic mass is 16.5. The third-order valence-corrected chi connectivity index (χ3v) is 1.06. The van der Waals surface area contributed by atoms with E-state index in [-0.39, 0.29) is 12.4 Å². The molecule has 0 radical (unpaired) electrons. The van der Waals surface area contributed by atoms with Crippen molar-refractivity contribution in [1.82, 2.24) is 5.43 Å². The fraction of sp³-hybridized carbons (Fsp3) is 0.571. The van der Waals surface area contributed by atoms with Crippen molar-refractivity contribution in [3.63, 3.8) is 0 Å². The normalized spacial score (nSPS) is 10.8. The van der Waals surface area contributed by atoms with Crippen LogP contribution >= 0.6 is 0 Å². The Hall–Kier alpha value is -1.59. The first-order valence-electron chi connectivity index (χ1n) is 3.80. The van der Waals surface area contributed by atoms with E-state index in [0.29, 0.717) is 12.3 Å². The number of hydrogen-bond donors (Lipinski definition) is 2. The van der Waals surface area contributed by atoms with Gasteiger partial charge in [-0.05, 0) is 13.8 Å². The van der Waals surface area contributed by atoms with Crippen LogP contribution in [-0.4, -0.2) is 24.3 Å². The molecule has 6 heteroatoms. The fourth-order valence-corrected chi connectivity index (χ4v) is 0.611. The van der Waals surface area contributed by atoms with Crippen LogP contribution in [0, 0.1) is 0 Å². The first-order chi connectivity index (χ1) is 6.06. The van der Waals surface area contributed by atoms with Gasteiger partial charge in [0.1, 0.15) is 0 Å². The third kappa shape index (κ3) is 6.79. The minimum Gasteiger partial charge on any atom is -0.466 e. The minimum atomic E-state index is -0.761. The Morgan fingerprint density at radius 3 is 2.62 bits per heavy atom. The molecular weight excluding hydrogens is 174 g/mol. The van der Waals surface area contributed by atoms with Crippen molar-refractivity contribution in [3.05, 3.63) is 0 Å². The predicted molar refractivity (Wildman–Crippen MR) is 47.1 cm³/mol. The van der Waals surface area contributed by atoms with Gasteiger partial charge in [0.25, 0.3) is 0 Å². The Kier molecular flexibility index (Phi) is 5.25. The number of carbonyl (C=O) groups excluding carboxylic acids is 2. The summed E-state index contributed by atoms with van der Waals surface area (Å²) < 4.78 is 4.66. The SMILES string of the molecule is CCOC(=O)C/C(C)=N/NC(N)=O. The molecule has 0 heterocycles. The molecule has 0 saturated carbocycles. The summed E-state index contributed by atoms with van der Waals surface area (Å²) >= 11 is 0. The topological polar surface area (TPSA) is 93.8 Å². The van der Waals surface area contributed by atoms with Crippen molar-refractivity contribution in [2.24, 2.45) is 10.8 Å². The summed E-state index contributed by atoms with van der Waals surface area (Å²) in [4.78, 5) is 21.1.